The van der Waals surface area contributed by atoms with Crippen LogP contribution in [0, 0.1) is 0 Å². The Kier molecular flexibility index (Phi) is 6.06. The number of carbonyl (C=O) groups is 3. The Hall–Kier alpha value is -2.77. The van der Waals surface area contributed by atoms with Gasteiger partial charge >= 0.3 is 5.97 Å². The van der Waals surface area contributed by atoms with Crippen molar-refractivity contribution in [2.75, 3.05) is 6.54 Å². The van der Waals surface area contributed by atoms with Crippen molar-refractivity contribution in [3.8, 4) is 5.75 Å². The molecule has 0 aliphatic carbocycles. The number of aromatic carboxylic acids is 1. The summed E-state index contributed by atoms with van der Waals surface area (Å²) in [5.41, 5.74) is 1.56. The number of rotatable bonds is 6. The topological polar surface area (TPSA) is 83.9 Å². The van der Waals surface area contributed by atoms with Crippen molar-refractivity contribution >= 4 is 46.6 Å². The van der Waals surface area contributed by atoms with E-state index in [1.165, 1.54) is 17.0 Å². The highest BCUT2D eigenvalue weighted by Crippen LogP contribution is 2.33. The van der Waals surface area contributed by atoms with Gasteiger partial charge in [-0.05, 0) is 60.2 Å². The molecule has 1 fully saturated rings. The molecule has 144 valence electrons. The Morgan fingerprint density at radius 1 is 1.25 bits per heavy atom. The van der Waals surface area contributed by atoms with Crippen molar-refractivity contribution in [2.45, 2.75) is 13.5 Å². The highest BCUT2D eigenvalue weighted by Gasteiger charge is 2.33. The maximum atomic E-state index is 12.2. The number of carboxylic acid groups (broad SMARTS) is 1. The zero-order valence-electron chi connectivity index (χ0n) is 14.8. The van der Waals surface area contributed by atoms with Crippen LogP contribution in [-0.2, 0) is 11.4 Å². The summed E-state index contributed by atoms with van der Waals surface area (Å²) in [6.07, 6.45) is 1.62. The van der Waals surface area contributed by atoms with Gasteiger partial charge in [-0.2, -0.15) is 0 Å². The smallest absolute Gasteiger partial charge is 0.335 e. The minimum atomic E-state index is -1.00. The van der Waals surface area contributed by atoms with E-state index >= 15 is 0 Å². The van der Waals surface area contributed by atoms with Crippen LogP contribution in [0.2, 0.25) is 5.02 Å². The van der Waals surface area contributed by atoms with E-state index in [2.05, 4.69) is 0 Å². The predicted octanol–water partition coefficient (Wildman–Crippen LogP) is 4.67. The van der Waals surface area contributed by atoms with Gasteiger partial charge < -0.3 is 9.84 Å². The van der Waals surface area contributed by atoms with Gasteiger partial charge in [0.25, 0.3) is 11.1 Å². The summed E-state index contributed by atoms with van der Waals surface area (Å²) in [5, 5.41) is 9.10. The SMILES string of the molecule is CCN1C(=O)SC(=Cc2ccc(OCc3cccc(C(=O)O)c3)c(Cl)c2)C1=O. The molecular weight excluding hydrogens is 402 g/mol. The normalized spacial score (nSPS) is 15.4. The van der Waals surface area contributed by atoms with Crippen LogP contribution in [0.3, 0.4) is 0 Å². The van der Waals surface area contributed by atoms with Crippen LogP contribution in [0.1, 0.15) is 28.4 Å². The van der Waals surface area contributed by atoms with E-state index in [4.69, 9.17) is 21.4 Å². The van der Waals surface area contributed by atoms with Gasteiger partial charge in [0.1, 0.15) is 12.4 Å². The number of hydrogen-bond acceptors (Lipinski definition) is 5. The number of imide groups is 1. The zero-order chi connectivity index (χ0) is 20.3. The van der Waals surface area contributed by atoms with E-state index in [1.54, 1.807) is 43.3 Å². The maximum absolute atomic E-state index is 12.2. The molecule has 1 saturated heterocycles. The minimum Gasteiger partial charge on any atom is -0.487 e. The number of carbonyl (C=O) groups excluding carboxylic acids is 2. The second-order valence-corrected chi connectivity index (χ2v) is 7.31. The third-order valence-corrected chi connectivity index (χ3v) is 5.21. The van der Waals surface area contributed by atoms with Gasteiger partial charge in [0.15, 0.2) is 0 Å². The van der Waals surface area contributed by atoms with Crippen molar-refractivity contribution in [1.82, 2.24) is 4.90 Å². The molecule has 1 aliphatic heterocycles. The monoisotopic (exact) mass is 417 g/mol. The molecule has 2 amide bonds. The van der Waals surface area contributed by atoms with E-state index in [9.17, 15) is 14.4 Å². The Bertz CT molecular complexity index is 988. The lowest BCUT2D eigenvalue weighted by molar-refractivity contribution is -0.122. The average Bonchev–Trinajstić information content (AvgIpc) is 2.94. The number of likely N-dealkylation sites (N-methyl/N-ethyl adjacent to an activating group) is 1. The summed E-state index contributed by atoms with van der Waals surface area (Å²) >= 11 is 7.17. The number of carboxylic acids is 1. The van der Waals surface area contributed by atoms with E-state index in [0.717, 1.165) is 11.8 Å². The molecule has 0 atom stereocenters. The maximum Gasteiger partial charge on any atom is 0.335 e. The van der Waals surface area contributed by atoms with Crippen LogP contribution in [0.5, 0.6) is 5.75 Å². The van der Waals surface area contributed by atoms with Crippen molar-refractivity contribution in [3.63, 3.8) is 0 Å². The molecule has 28 heavy (non-hydrogen) atoms. The second kappa shape index (κ2) is 8.50. The van der Waals surface area contributed by atoms with E-state index in [-0.39, 0.29) is 23.3 Å². The van der Waals surface area contributed by atoms with Crippen LogP contribution in [0.25, 0.3) is 6.08 Å². The van der Waals surface area contributed by atoms with Crippen molar-refractivity contribution in [2.24, 2.45) is 0 Å². The minimum absolute atomic E-state index is 0.162. The first kappa shape index (κ1) is 20.0. The number of thioether (sulfide) groups is 1. The Morgan fingerprint density at radius 2 is 2.04 bits per heavy atom. The lowest BCUT2D eigenvalue weighted by atomic mass is 10.1. The third-order valence-electron chi connectivity index (χ3n) is 4.01. The largest absolute Gasteiger partial charge is 0.487 e. The fourth-order valence-corrected chi connectivity index (χ4v) is 3.75. The fraction of sp³-hybridized carbons (Fsp3) is 0.150. The molecule has 0 radical (unpaired) electrons. The predicted molar refractivity (Wildman–Crippen MR) is 108 cm³/mol. The Labute approximate surface area is 170 Å². The zero-order valence-corrected chi connectivity index (χ0v) is 16.4. The van der Waals surface area contributed by atoms with E-state index < -0.39 is 5.97 Å². The van der Waals surface area contributed by atoms with Crippen LogP contribution in [0.15, 0.2) is 47.4 Å². The number of amides is 2. The molecule has 3 rings (SSSR count). The quantitative estimate of drug-likeness (QED) is 0.687. The van der Waals surface area contributed by atoms with Gasteiger partial charge in [0.2, 0.25) is 0 Å². The lowest BCUT2D eigenvalue weighted by Gasteiger charge is -2.09. The number of nitrogens with zero attached hydrogens (tertiary/aromatic N) is 1. The van der Waals surface area contributed by atoms with Gasteiger partial charge in [0.05, 0.1) is 15.5 Å². The van der Waals surface area contributed by atoms with Crippen LogP contribution >= 0.6 is 23.4 Å². The average molecular weight is 418 g/mol. The van der Waals surface area contributed by atoms with Crippen molar-refractivity contribution in [3.05, 3.63) is 69.1 Å². The Morgan fingerprint density at radius 3 is 2.68 bits per heavy atom. The highest BCUT2D eigenvalue weighted by molar-refractivity contribution is 8.18. The van der Waals surface area contributed by atoms with E-state index in [1.807, 2.05) is 0 Å². The van der Waals surface area contributed by atoms with Crippen LogP contribution < -0.4 is 4.74 Å². The standard InChI is InChI=1S/C20H16ClNO5S/c1-2-22-18(23)17(28-20(22)26)10-12-6-7-16(15(21)9-12)27-11-13-4-3-5-14(8-13)19(24)25/h3-10H,2,11H2,1H3,(H,24,25). The second-order valence-electron chi connectivity index (χ2n) is 5.91. The molecule has 1 N–H and O–H groups in total. The van der Waals surface area contributed by atoms with Crippen LogP contribution in [0.4, 0.5) is 4.79 Å². The molecule has 2 aromatic carbocycles. The highest BCUT2D eigenvalue weighted by atomic mass is 35.5. The molecule has 2 aromatic rings. The molecule has 1 aliphatic rings. The first-order valence-corrected chi connectivity index (χ1v) is 9.58. The molecule has 6 nitrogen and oxygen atoms in total. The van der Waals surface area contributed by atoms with Gasteiger partial charge in [-0.1, -0.05) is 29.8 Å². The number of ether oxygens (including phenoxy) is 1. The summed E-state index contributed by atoms with van der Waals surface area (Å²) in [6, 6.07) is 11.5. The number of halogens is 1. The van der Waals surface area contributed by atoms with Gasteiger partial charge in [-0.15, -0.1) is 0 Å². The fourth-order valence-electron chi connectivity index (χ4n) is 2.60. The third kappa shape index (κ3) is 4.37. The summed E-state index contributed by atoms with van der Waals surface area (Å²) in [5.74, 6) is -0.884. The summed E-state index contributed by atoms with van der Waals surface area (Å²) < 4.78 is 5.68. The molecule has 1 heterocycles. The van der Waals surface area contributed by atoms with Gasteiger partial charge in [0, 0.05) is 6.54 Å². The lowest BCUT2D eigenvalue weighted by Crippen LogP contribution is -2.27. The van der Waals surface area contributed by atoms with E-state index in [0.29, 0.717) is 33.3 Å². The Balaban J connectivity index is 1.72. The first-order chi connectivity index (χ1) is 13.4. The number of hydrogen-bond donors (Lipinski definition) is 1. The van der Waals surface area contributed by atoms with Crippen LogP contribution in [-0.4, -0.2) is 33.7 Å². The molecule has 0 unspecified atom stereocenters. The molecule has 0 spiro atoms. The van der Waals surface area contributed by atoms with Crippen molar-refractivity contribution < 1.29 is 24.2 Å². The molecular formula is C20H16ClNO5S. The molecule has 0 aromatic heterocycles. The van der Waals surface area contributed by atoms with Gasteiger partial charge in [-0.25, -0.2) is 4.79 Å². The summed E-state index contributed by atoms with van der Waals surface area (Å²) in [7, 11) is 0. The molecule has 8 heteroatoms. The van der Waals surface area contributed by atoms with Crippen molar-refractivity contribution in [1.29, 1.82) is 0 Å². The summed E-state index contributed by atoms with van der Waals surface area (Å²) in [6.45, 7) is 2.24. The first-order valence-electron chi connectivity index (χ1n) is 8.39. The van der Waals surface area contributed by atoms with Gasteiger partial charge in [-0.3, -0.25) is 14.5 Å². The summed E-state index contributed by atoms with van der Waals surface area (Å²) in [4.78, 5) is 36.5. The molecule has 0 saturated carbocycles. The molecule has 0 bridgehead atoms. The number of benzene rings is 2.